The van der Waals surface area contributed by atoms with Gasteiger partial charge in [0.1, 0.15) is 0 Å². The van der Waals surface area contributed by atoms with E-state index in [9.17, 15) is 9.59 Å². The summed E-state index contributed by atoms with van der Waals surface area (Å²) in [4.78, 5) is 30.4. The van der Waals surface area contributed by atoms with Crippen LogP contribution < -0.4 is 10.6 Å². The molecule has 3 heterocycles. The lowest BCUT2D eigenvalue weighted by Gasteiger charge is -2.23. The van der Waals surface area contributed by atoms with Crippen LogP contribution in [0, 0.1) is 0 Å². The molecule has 0 aliphatic carbocycles. The van der Waals surface area contributed by atoms with Gasteiger partial charge >= 0.3 is 0 Å². The summed E-state index contributed by atoms with van der Waals surface area (Å²) in [5, 5.41) is 12.7. The predicted molar refractivity (Wildman–Crippen MR) is 122 cm³/mol. The van der Waals surface area contributed by atoms with E-state index in [2.05, 4.69) is 55.3 Å². The zero-order valence-electron chi connectivity index (χ0n) is 18.1. The molecule has 0 aromatic carbocycles. The predicted octanol–water partition coefficient (Wildman–Crippen LogP) is 4.83. The molecule has 7 nitrogen and oxygen atoms in total. The second kappa shape index (κ2) is 8.69. The van der Waals surface area contributed by atoms with Crippen molar-refractivity contribution in [1.29, 1.82) is 0 Å². The van der Waals surface area contributed by atoms with Crippen molar-refractivity contribution in [2.75, 3.05) is 5.32 Å². The minimum atomic E-state index is -0.265. The molecule has 30 heavy (non-hydrogen) atoms. The highest BCUT2D eigenvalue weighted by atomic mass is 32.1. The van der Waals surface area contributed by atoms with Gasteiger partial charge < -0.3 is 5.32 Å². The number of amides is 2. The van der Waals surface area contributed by atoms with E-state index in [4.69, 9.17) is 0 Å². The Labute approximate surface area is 184 Å². The van der Waals surface area contributed by atoms with Gasteiger partial charge in [-0.15, -0.1) is 22.7 Å². The largest absolute Gasteiger partial charge is 0.351 e. The Morgan fingerprint density at radius 1 is 1.23 bits per heavy atom. The van der Waals surface area contributed by atoms with Crippen molar-refractivity contribution in [1.82, 2.24) is 20.1 Å². The van der Waals surface area contributed by atoms with Crippen molar-refractivity contribution < 1.29 is 9.59 Å². The minimum absolute atomic E-state index is 0.0573. The number of nitrogens with zero attached hydrogens (tertiary/aromatic N) is 3. The summed E-state index contributed by atoms with van der Waals surface area (Å²) in [5.74, 6) is -0.0632. The van der Waals surface area contributed by atoms with Gasteiger partial charge in [-0.2, -0.15) is 5.10 Å². The molecule has 3 rings (SSSR count). The second-order valence-electron chi connectivity index (χ2n) is 8.36. The summed E-state index contributed by atoms with van der Waals surface area (Å²) < 4.78 is 1.92. The highest BCUT2D eigenvalue weighted by Crippen LogP contribution is 2.31. The molecule has 0 aliphatic heterocycles. The Morgan fingerprint density at radius 3 is 2.57 bits per heavy atom. The Morgan fingerprint density at radius 2 is 1.97 bits per heavy atom. The van der Waals surface area contributed by atoms with Gasteiger partial charge in [-0.1, -0.05) is 13.8 Å². The Balaban J connectivity index is 1.73. The maximum Gasteiger partial charge on any atom is 0.277 e. The topological polar surface area (TPSA) is 88.9 Å². The van der Waals surface area contributed by atoms with Crippen molar-refractivity contribution in [3.8, 4) is 10.6 Å². The van der Waals surface area contributed by atoms with E-state index >= 15 is 0 Å². The third kappa shape index (κ3) is 5.14. The van der Waals surface area contributed by atoms with E-state index < -0.39 is 0 Å². The summed E-state index contributed by atoms with van der Waals surface area (Å²) >= 11 is 2.95. The van der Waals surface area contributed by atoms with Gasteiger partial charge in [0.05, 0.1) is 22.7 Å². The molecule has 0 aliphatic rings. The first-order valence-corrected chi connectivity index (χ1v) is 11.4. The van der Waals surface area contributed by atoms with E-state index in [1.165, 1.54) is 18.3 Å². The molecule has 0 saturated carbocycles. The van der Waals surface area contributed by atoms with Gasteiger partial charge in [-0.3, -0.25) is 19.6 Å². The summed E-state index contributed by atoms with van der Waals surface area (Å²) in [6, 6.07) is 5.80. The van der Waals surface area contributed by atoms with Crippen molar-refractivity contribution >= 4 is 39.6 Å². The number of carbonyl (C=O) groups excluding carboxylic acids is 2. The number of thiophene rings is 1. The Kier molecular flexibility index (Phi) is 6.42. The number of hydrogen-bond donors (Lipinski definition) is 2. The molecule has 3 aromatic heterocycles. The lowest BCUT2D eigenvalue weighted by atomic mass is 10.1. The molecule has 3 aromatic rings. The van der Waals surface area contributed by atoms with Crippen LogP contribution in [0.25, 0.3) is 10.6 Å². The lowest BCUT2D eigenvalue weighted by Crippen LogP contribution is -2.26. The van der Waals surface area contributed by atoms with Crippen LogP contribution in [0.2, 0.25) is 0 Å². The van der Waals surface area contributed by atoms with E-state index in [1.54, 1.807) is 11.3 Å². The van der Waals surface area contributed by atoms with Crippen LogP contribution >= 0.6 is 22.7 Å². The van der Waals surface area contributed by atoms with Gasteiger partial charge in [0.2, 0.25) is 5.91 Å². The first kappa shape index (κ1) is 22.2. The maximum atomic E-state index is 12.8. The van der Waals surface area contributed by atoms with Gasteiger partial charge in [0.15, 0.2) is 10.8 Å². The van der Waals surface area contributed by atoms with Crippen LogP contribution in [0.15, 0.2) is 23.6 Å². The monoisotopic (exact) mass is 445 g/mol. The highest BCUT2D eigenvalue weighted by molar-refractivity contribution is 7.17. The van der Waals surface area contributed by atoms with Crippen molar-refractivity contribution in [3.05, 3.63) is 39.8 Å². The van der Waals surface area contributed by atoms with Crippen molar-refractivity contribution in [3.63, 3.8) is 0 Å². The lowest BCUT2D eigenvalue weighted by molar-refractivity contribution is -0.119. The van der Waals surface area contributed by atoms with Crippen LogP contribution in [-0.2, 0) is 16.9 Å². The van der Waals surface area contributed by atoms with Crippen LogP contribution in [0.5, 0.6) is 0 Å². The average molecular weight is 446 g/mol. The SMILES string of the molecule is CC(=O)NCc1ccc(-c2csc(NC(=O)c3cc(C(C)C)n(C(C)(C)C)n3)n2)s1. The molecule has 0 saturated heterocycles. The number of aromatic nitrogens is 3. The molecule has 0 fully saturated rings. The fourth-order valence-electron chi connectivity index (χ4n) is 2.88. The Hall–Kier alpha value is -2.52. The summed E-state index contributed by atoms with van der Waals surface area (Å²) in [5.41, 5.74) is 2.01. The number of hydrogen-bond acceptors (Lipinski definition) is 6. The minimum Gasteiger partial charge on any atom is -0.351 e. The second-order valence-corrected chi connectivity index (χ2v) is 10.4. The zero-order chi connectivity index (χ0) is 22.1. The molecule has 0 radical (unpaired) electrons. The maximum absolute atomic E-state index is 12.8. The van der Waals surface area contributed by atoms with E-state index in [0.29, 0.717) is 17.4 Å². The van der Waals surface area contributed by atoms with E-state index in [0.717, 1.165) is 21.1 Å². The van der Waals surface area contributed by atoms with Crippen LogP contribution in [0.1, 0.15) is 68.5 Å². The Bertz CT molecular complexity index is 1060. The van der Waals surface area contributed by atoms with Gasteiger partial charge in [0.25, 0.3) is 5.91 Å². The smallest absolute Gasteiger partial charge is 0.277 e. The van der Waals surface area contributed by atoms with Gasteiger partial charge in [-0.05, 0) is 44.9 Å². The fourth-order valence-corrected chi connectivity index (χ4v) is 4.57. The number of anilines is 1. The van der Waals surface area contributed by atoms with Gasteiger partial charge in [-0.25, -0.2) is 4.98 Å². The standard InChI is InChI=1S/C21H27N5O2S2/c1-12(2)17-9-15(25-26(17)21(4,5)6)19(28)24-20-23-16(11-29-20)18-8-7-14(30-18)10-22-13(3)27/h7-9,11-12H,10H2,1-6H3,(H,22,27)(H,23,24,28). The van der Waals surface area contributed by atoms with Crippen molar-refractivity contribution in [2.45, 2.75) is 59.5 Å². The van der Waals surface area contributed by atoms with Crippen molar-refractivity contribution in [2.24, 2.45) is 0 Å². The molecule has 0 atom stereocenters. The molecule has 0 spiro atoms. The normalized spacial score (nSPS) is 11.7. The highest BCUT2D eigenvalue weighted by Gasteiger charge is 2.24. The first-order chi connectivity index (χ1) is 14.0. The van der Waals surface area contributed by atoms with Gasteiger partial charge in [0, 0.05) is 22.9 Å². The van der Waals surface area contributed by atoms with E-state index in [-0.39, 0.29) is 23.3 Å². The molecular formula is C21H27N5O2S2. The first-order valence-electron chi connectivity index (χ1n) is 9.75. The number of rotatable bonds is 6. The molecule has 2 N–H and O–H groups in total. The molecule has 0 bridgehead atoms. The molecule has 160 valence electrons. The van der Waals surface area contributed by atoms with Crippen LogP contribution in [-0.4, -0.2) is 26.6 Å². The third-order valence-corrected chi connectivity index (χ3v) is 6.21. The average Bonchev–Trinajstić information content (AvgIpc) is 3.37. The molecule has 9 heteroatoms. The summed E-state index contributed by atoms with van der Waals surface area (Å²) in [6.07, 6.45) is 0. The summed E-state index contributed by atoms with van der Waals surface area (Å²) in [6.45, 7) is 12.4. The van der Waals surface area contributed by atoms with Crippen LogP contribution in [0.3, 0.4) is 0 Å². The fraction of sp³-hybridized carbons (Fsp3) is 0.429. The quantitative estimate of drug-likeness (QED) is 0.568. The summed E-state index contributed by atoms with van der Waals surface area (Å²) in [7, 11) is 0. The third-order valence-electron chi connectivity index (χ3n) is 4.35. The zero-order valence-corrected chi connectivity index (χ0v) is 19.7. The van der Waals surface area contributed by atoms with Crippen LogP contribution in [0.4, 0.5) is 5.13 Å². The number of nitrogens with one attached hydrogen (secondary N) is 2. The van der Waals surface area contributed by atoms with E-state index in [1.807, 2.05) is 28.3 Å². The number of thiazole rings is 1. The molecular weight excluding hydrogens is 418 g/mol. The molecule has 2 amide bonds. The molecule has 0 unspecified atom stereocenters. The number of carbonyl (C=O) groups is 2.